The number of para-hydroxylation sites is 1. The Balaban J connectivity index is 1.89. The number of nitrogens with two attached hydrogens (primary N) is 1. The van der Waals surface area contributed by atoms with Crippen molar-refractivity contribution >= 4 is 0 Å². The highest BCUT2D eigenvalue weighted by Crippen LogP contribution is 2.27. The van der Waals surface area contributed by atoms with Gasteiger partial charge in [0, 0.05) is 18.2 Å². The summed E-state index contributed by atoms with van der Waals surface area (Å²) in [5.74, 6) is 1.87. The lowest BCUT2D eigenvalue weighted by molar-refractivity contribution is 0.169. The fraction of sp³-hybridized carbons (Fsp3) is 0.667. The molecular formula is C18H30N2O. The molecule has 1 fully saturated rings. The first-order valence-corrected chi connectivity index (χ1v) is 8.44. The molecule has 0 aromatic heterocycles. The highest BCUT2D eigenvalue weighted by molar-refractivity contribution is 5.36. The molecule has 0 spiro atoms. The molecule has 2 N–H and O–H groups in total. The molecule has 1 aliphatic heterocycles. The van der Waals surface area contributed by atoms with Gasteiger partial charge < -0.3 is 15.4 Å². The highest BCUT2D eigenvalue weighted by atomic mass is 16.5. The maximum Gasteiger partial charge on any atom is 0.124 e. The molecule has 1 aromatic rings. The molecule has 0 aliphatic carbocycles. The third kappa shape index (κ3) is 4.72. The summed E-state index contributed by atoms with van der Waals surface area (Å²) in [4.78, 5) is 2.51. The van der Waals surface area contributed by atoms with Gasteiger partial charge in [0.2, 0.25) is 0 Å². The predicted molar refractivity (Wildman–Crippen MR) is 88.6 cm³/mol. The van der Waals surface area contributed by atoms with Crippen LogP contribution in [0.15, 0.2) is 24.3 Å². The number of piperidine rings is 1. The lowest BCUT2D eigenvalue weighted by Gasteiger charge is -2.33. The average Bonchev–Trinajstić information content (AvgIpc) is 2.50. The van der Waals surface area contributed by atoms with E-state index < -0.39 is 0 Å². The number of ether oxygens (including phenoxy) is 1. The van der Waals surface area contributed by atoms with E-state index in [4.69, 9.17) is 10.5 Å². The van der Waals surface area contributed by atoms with Crippen LogP contribution in [0.25, 0.3) is 0 Å². The first-order chi connectivity index (χ1) is 10.2. The molecule has 1 saturated heterocycles. The van der Waals surface area contributed by atoms with Crippen molar-refractivity contribution in [2.45, 2.75) is 45.6 Å². The van der Waals surface area contributed by atoms with Crippen LogP contribution >= 0.6 is 0 Å². The van der Waals surface area contributed by atoms with Crippen LogP contribution in [-0.2, 0) is 0 Å². The Hall–Kier alpha value is -1.06. The topological polar surface area (TPSA) is 38.5 Å². The van der Waals surface area contributed by atoms with Crippen LogP contribution in [0.2, 0.25) is 0 Å². The third-order valence-corrected chi connectivity index (χ3v) is 4.48. The number of benzene rings is 1. The molecule has 0 saturated carbocycles. The van der Waals surface area contributed by atoms with Crippen LogP contribution in [0.3, 0.4) is 0 Å². The fourth-order valence-corrected chi connectivity index (χ4v) is 3.32. The summed E-state index contributed by atoms with van der Waals surface area (Å²) in [6.45, 7) is 8.30. The maximum absolute atomic E-state index is 6.43. The monoisotopic (exact) mass is 290 g/mol. The summed E-state index contributed by atoms with van der Waals surface area (Å²) < 4.78 is 5.70. The first kappa shape index (κ1) is 16.3. The minimum absolute atomic E-state index is 0.0375. The quantitative estimate of drug-likeness (QED) is 0.834. The van der Waals surface area contributed by atoms with Crippen LogP contribution in [0.5, 0.6) is 5.75 Å². The van der Waals surface area contributed by atoms with Gasteiger partial charge in [0.15, 0.2) is 0 Å². The lowest BCUT2D eigenvalue weighted by atomic mass is 9.92. The normalized spacial score (nSPS) is 18.6. The Bertz CT molecular complexity index is 413. The second kappa shape index (κ2) is 8.40. The lowest BCUT2D eigenvalue weighted by Crippen LogP contribution is -2.38. The second-order valence-corrected chi connectivity index (χ2v) is 6.11. The van der Waals surface area contributed by atoms with Crippen LogP contribution in [0.1, 0.15) is 51.1 Å². The van der Waals surface area contributed by atoms with Gasteiger partial charge in [-0.05, 0) is 44.8 Å². The van der Waals surface area contributed by atoms with E-state index in [1.165, 1.54) is 38.8 Å². The smallest absolute Gasteiger partial charge is 0.124 e. The molecule has 3 nitrogen and oxygen atoms in total. The summed E-state index contributed by atoms with van der Waals surface area (Å²) >= 11 is 0. The second-order valence-electron chi connectivity index (χ2n) is 6.11. The zero-order valence-corrected chi connectivity index (χ0v) is 13.6. The molecular weight excluding hydrogens is 260 g/mol. The number of rotatable bonds is 7. The van der Waals surface area contributed by atoms with E-state index in [0.717, 1.165) is 23.8 Å². The van der Waals surface area contributed by atoms with Crippen LogP contribution in [0.4, 0.5) is 0 Å². The Kier molecular flexibility index (Phi) is 6.52. The van der Waals surface area contributed by atoms with Crippen molar-refractivity contribution in [3.63, 3.8) is 0 Å². The fourth-order valence-electron chi connectivity index (χ4n) is 3.32. The summed E-state index contributed by atoms with van der Waals surface area (Å²) in [6.07, 6.45) is 5.35. The zero-order chi connectivity index (χ0) is 15.1. The number of hydrogen-bond acceptors (Lipinski definition) is 3. The van der Waals surface area contributed by atoms with Crippen molar-refractivity contribution in [2.24, 2.45) is 11.7 Å². The van der Waals surface area contributed by atoms with Gasteiger partial charge in [0.1, 0.15) is 5.75 Å². The molecule has 1 atom stereocenters. The van der Waals surface area contributed by atoms with E-state index >= 15 is 0 Å². The standard InChI is InChI=1S/C18H30N2O/c1-3-7-15-10-12-20(13-11-15)14-17(19)16-8-5-6-9-18(16)21-4-2/h5-6,8-9,15,17H,3-4,7,10-14,19H2,1-2H3. The van der Waals surface area contributed by atoms with Gasteiger partial charge in [-0.15, -0.1) is 0 Å². The molecule has 3 heteroatoms. The van der Waals surface area contributed by atoms with Crippen LogP contribution in [-0.4, -0.2) is 31.1 Å². The van der Waals surface area contributed by atoms with E-state index in [1.807, 2.05) is 25.1 Å². The molecule has 0 amide bonds. The van der Waals surface area contributed by atoms with E-state index in [1.54, 1.807) is 0 Å². The summed E-state index contributed by atoms with van der Waals surface area (Å²) in [7, 11) is 0. The van der Waals surface area contributed by atoms with Crippen molar-refractivity contribution in [3.8, 4) is 5.75 Å². The predicted octanol–water partition coefficient (Wildman–Crippen LogP) is 3.60. The van der Waals surface area contributed by atoms with E-state index in [9.17, 15) is 0 Å². The van der Waals surface area contributed by atoms with Gasteiger partial charge in [-0.3, -0.25) is 0 Å². The third-order valence-electron chi connectivity index (χ3n) is 4.48. The van der Waals surface area contributed by atoms with Gasteiger partial charge in [0.25, 0.3) is 0 Å². The average molecular weight is 290 g/mol. The molecule has 0 radical (unpaired) electrons. The highest BCUT2D eigenvalue weighted by Gasteiger charge is 2.21. The minimum Gasteiger partial charge on any atom is -0.494 e. The van der Waals surface area contributed by atoms with Gasteiger partial charge >= 0.3 is 0 Å². The zero-order valence-electron chi connectivity index (χ0n) is 13.6. The van der Waals surface area contributed by atoms with Crippen molar-refractivity contribution in [3.05, 3.63) is 29.8 Å². The SMILES string of the molecule is CCCC1CCN(CC(N)c2ccccc2OCC)CC1. The van der Waals surface area contributed by atoms with Crippen LogP contribution < -0.4 is 10.5 Å². The summed E-state index contributed by atoms with van der Waals surface area (Å²) in [5.41, 5.74) is 7.56. The molecule has 1 heterocycles. The van der Waals surface area contributed by atoms with Gasteiger partial charge in [-0.25, -0.2) is 0 Å². The molecule has 21 heavy (non-hydrogen) atoms. The number of hydrogen-bond donors (Lipinski definition) is 1. The molecule has 1 aromatic carbocycles. The largest absolute Gasteiger partial charge is 0.494 e. The molecule has 2 rings (SSSR count). The van der Waals surface area contributed by atoms with E-state index in [0.29, 0.717) is 6.61 Å². The Morgan fingerprint density at radius 3 is 2.62 bits per heavy atom. The summed E-state index contributed by atoms with van der Waals surface area (Å²) in [5, 5.41) is 0. The maximum atomic E-state index is 6.43. The van der Waals surface area contributed by atoms with Crippen molar-refractivity contribution in [1.82, 2.24) is 4.90 Å². The Labute approximate surface area is 129 Å². The van der Waals surface area contributed by atoms with Crippen molar-refractivity contribution in [2.75, 3.05) is 26.2 Å². The molecule has 1 aliphatic rings. The number of nitrogens with zero attached hydrogens (tertiary/aromatic N) is 1. The van der Waals surface area contributed by atoms with E-state index in [-0.39, 0.29) is 6.04 Å². The van der Waals surface area contributed by atoms with Crippen molar-refractivity contribution in [1.29, 1.82) is 0 Å². The van der Waals surface area contributed by atoms with E-state index in [2.05, 4.69) is 17.9 Å². The molecule has 1 unspecified atom stereocenters. The molecule has 118 valence electrons. The van der Waals surface area contributed by atoms with Gasteiger partial charge in [-0.1, -0.05) is 38.0 Å². The van der Waals surface area contributed by atoms with Gasteiger partial charge in [0.05, 0.1) is 6.61 Å². The first-order valence-electron chi connectivity index (χ1n) is 8.44. The summed E-state index contributed by atoms with van der Waals surface area (Å²) in [6, 6.07) is 8.21. The van der Waals surface area contributed by atoms with Crippen molar-refractivity contribution < 1.29 is 4.74 Å². The number of likely N-dealkylation sites (tertiary alicyclic amines) is 1. The Morgan fingerprint density at radius 2 is 1.95 bits per heavy atom. The van der Waals surface area contributed by atoms with Gasteiger partial charge in [-0.2, -0.15) is 0 Å². The minimum atomic E-state index is 0.0375. The Morgan fingerprint density at radius 1 is 1.24 bits per heavy atom. The molecule has 0 bridgehead atoms. The van der Waals surface area contributed by atoms with Crippen LogP contribution in [0, 0.1) is 5.92 Å².